The summed E-state index contributed by atoms with van der Waals surface area (Å²) in [6, 6.07) is 6.07. The third-order valence-corrected chi connectivity index (χ3v) is 4.43. The van der Waals surface area contributed by atoms with E-state index in [0.29, 0.717) is 11.6 Å². The molecule has 0 bridgehead atoms. The van der Waals surface area contributed by atoms with Crippen LogP contribution in [0.25, 0.3) is 11.0 Å². The fourth-order valence-corrected chi connectivity index (χ4v) is 3.15. The fourth-order valence-electron chi connectivity index (χ4n) is 3.15. The van der Waals surface area contributed by atoms with Gasteiger partial charge in [0.1, 0.15) is 0 Å². The van der Waals surface area contributed by atoms with Gasteiger partial charge >= 0.3 is 0 Å². The van der Waals surface area contributed by atoms with E-state index in [1.165, 1.54) is 32.1 Å². The number of hydrogen-bond donors (Lipinski definition) is 1. The van der Waals surface area contributed by atoms with Crippen LogP contribution in [0.1, 0.15) is 55.3 Å². The summed E-state index contributed by atoms with van der Waals surface area (Å²) in [5, 5.41) is 3.20. The molecule has 0 unspecified atom stereocenters. The second-order valence-corrected chi connectivity index (χ2v) is 6.07. The zero-order valence-electron chi connectivity index (χ0n) is 12.6. The highest BCUT2D eigenvalue weighted by Gasteiger charge is 2.15. The maximum atomic E-state index is 12.4. The van der Waals surface area contributed by atoms with Crippen molar-refractivity contribution in [2.24, 2.45) is 7.05 Å². The molecule has 0 aliphatic heterocycles. The monoisotopic (exact) mass is 285 g/mol. The molecule has 0 saturated heterocycles. The van der Waals surface area contributed by atoms with E-state index in [1.54, 1.807) is 6.33 Å². The van der Waals surface area contributed by atoms with Crippen molar-refractivity contribution in [1.29, 1.82) is 0 Å². The second kappa shape index (κ2) is 6.29. The minimum absolute atomic E-state index is 0.0353. The number of aromatic nitrogens is 2. The number of hydrogen-bond acceptors (Lipinski definition) is 2. The highest BCUT2D eigenvalue weighted by Crippen LogP contribution is 2.18. The molecule has 112 valence electrons. The van der Waals surface area contributed by atoms with Gasteiger partial charge in [-0.25, -0.2) is 4.98 Å². The number of rotatable bonds is 2. The van der Waals surface area contributed by atoms with Gasteiger partial charge in [0.05, 0.1) is 17.4 Å². The van der Waals surface area contributed by atoms with E-state index in [9.17, 15) is 4.79 Å². The van der Waals surface area contributed by atoms with Crippen LogP contribution in [0.4, 0.5) is 0 Å². The van der Waals surface area contributed by atoms with Gasteiger partial charge < -0.3 is 9.88 Å². The normalized spacial score (nSPS) is 17.4. The van der Waals surface area contributed by atoms with Gasteiger partial charge in [0.25, 0.3) is 5.91 Å². The van der Waals surface area contributed by atoms with Gasteiger partial charge in [-0.2, -0.15) is 0 Å². The van der Waals surface area contributed by atoms with Crippen LogP contribution in [0.2, 0.25) is 0 Å². The molecular formula is C17H23N3O. The minimum Gasteiger partial charge on any atom is -0.349 e. The molecule has 4 nitrogen and oxygen atoms in total. The minimum atomic E-state index is 0.0353. The van der Waals surface area contributed by atoms with Crippen LogP contribution in [0.5, 0.6) is 0 Å². The van der Waals surface area contributed by atoms with Crippen LogP contribution in [-0.2, 0) is 7.05 Å². The molecule has 1 N–H and O–H groups in total. The molecule has 1 saturated carbocycles. The van der Waals surface area contributed by atoms with Gasteiger partial charge in [-0.1, -0.05) is 32.1 Å². The Balaban J connectivity index is 1.70. The lowest BCUT2D eigenvalue weighted by Gasteiger charge is -2.21. The molecule has 1 aromatic carbocycles. The van der Waals surface area contributed by atoms with E-state index < -0.39 is 0 Å². The highest BCUT2D eigenvalue weighted by atomic mass is 16.1. The SMILES string of the molecule is Cn1cnc2cc(C(=O)NC3CCCCCCC3)ccc21. The fraction of sp³-hybridized carbons (Fsp3) is 0.529. The van der Waals surface area contributed by atoms with E-state index in [4.69, 9.17) is 0 Å². The molecule has 4 heteroatoms. The highest BCUT2D eigenvalue weighted by molar-refractivity contribution is 5.97. The molecule has 0 radical (unpaired) electrons. The zero-order chi connectivity index (χ0) is 14.7. The predicted molar refractivity (Wildman–Crippen MR) is 84.3 cm³/mol. The predicted octanol–water partition coefficient (Wildman–Crippen LogP) is 3.42. The maximum Gasteiger partial charge on any atom is 0.251 e. The van der Waals surface area contributed by atoms with Crippen molar-refractivity contribution in [2.75, 3.05) is 0 Å². The van der Waals surface area contributed by atoms with E-state index in [1.807, 2.05) is 29.8 Å². The van der Waals surface area contributed by atoms with Crippen LogP contribution in [0.15, 0.2) is 24.5 Å². The zero-order valence-corrected chi connectivity index (χ0v) is 12.6. The van der Waals surface area contributed by atoms with Crippen molar-refractivity contribution in [1.82, 2.24) is 14.9 Å². The summed E-state index contributed by atoms with van der Waals surface area (Å²) in [5.74, 6) is 0.0353. The largest absolute Gasteiger partial charge is 0.349 e. The van der Waals surface area contributed by atoms with Gasteiger partial charge in [-0.15, -0.1) is 0 Å². The van der Waals surface area contributed by atoms with Crippen molar-refractivity contribution in [3.05, 3.63) is 30.1 Å². The van der Waals surface area contributed by atoms with Gasteiger partial charge in [0.2, 0.25) is 0 Å². The molecule has 1 aliphatic rings. The lowest BCUT2D eigenvalue weighted by Crippen LogP contribution is -2.35. The third kappa shape index (κ3) is 3.26. The number of imidazole rings is 1. The van der Waals surface area contributed by atoms with Gasteiger partial charge in [-0.3, -0.25) is 4.79 Å². The smallest absolute Gasteiger partial charge is 0.251 e. The Bertz CT molecular complexity index is 624. The molecule has 21 heavy (non-hydrogen) atoms. The molecule has 3 rings (SSSR count). The van der Waals surface area contributed by atoms with Crippen molar-refractivity contribution < 1.29 is 4.79 Å². The molecule has 1 aliphatic carbocycles. The van der Waals surface area contributed by atoms with E-state index in [0.717, 1.165) is 23.9 Å². The summed E-state index contributed by atoms with van der Waals surface area (Å²) in [5.41, 5.74) is 2.64. The van der Waals surface area contributed by atoms with E-state index in [-0.39, 0.29) is 5.91 Å². The number of aryl methyl sites for hydroxylation is 1. The summed E-state index contributed by atoms with van der Waals surface area (Å²) in [6.45, 7) is 0. The topological polar surface area (TPSA) is 46.9 Å². The Hall–Kier alpha value is -1.84. The lowest BCUT2D eigenvalue weighted by atomic mass is 9.96. The number of amides is 1. The van der Waals surface area contributed by atoms with Gasteiger partial charge in [-0.05, 0) is 31.0 Å². The molecule has 1 aromatic heterocycles. The quantitative estimate of drug-likeness (QED) is 0.919. The number of carbonyl (C=O) groups excluding carboxylic acids is 1. The lowest BCUT2D eigenvalue weighted by molar-refractivity contribution is 0.0930. The van der Waals surface area contributed by atoms with Gasteiger partial charge in [0.15, 0.2) is 0 Å². The third-order valence-electron chi connectivity index (χ3n) is 4.43. The van der Waals surface area contributed by atoms with Crippen LogP contribution in [0.3, 0.4) is 0 Å². The number of benzene rings is 1. The Kier molecular flexibility index (Phi) is 4.23. The van der Waals surface area contributed by atoms with E-state index in [2.05, 4.69) is 10.3 Å². The standard InChI is InChI=1S/C17H23N3O/c1-20-12-18-15-11-13(9-10-16(15)20)17(21)19-14-7-5-3-2-4-6-8-14/h9-12,14H,2-8H2,1H3,(H,19,21). The molecule has 1 fully saturated rings. The summed E-state index contributed by atoms with van der Waals surface area (Å²) >= 11 is 0. The Morgan fingerprint density at radius 1 is 1.19 bits per heavy atom. The molecular weight excluding hydrogens is 262 g/mol. The molecule has 1 heterocycles. The number of carbonyl (C=O) groups is 1. The average molecular weight is 285 g/mol. The van der Waals surface area contributed by atoms with E-state index >= 15 is 0 Å². The van der Waals surface area contributed by atoms with Crippen molar-refractivity contribution in [2.45, 2.75) is 51.0 Å². The average Bonchev–Trinajstić information content (AvgIpc) is 2.82. The number of nitrogens with one attached hydrogen (secondary N) is 1. The summed E-state index contributed by atoms with van der Waals surface area (Å²) in [6.07, 6.45) is 10.4. The van der Waals surface area contributed by atoms with Crippen molar-refractivity contribution in [3.63, 3.8) is 0 Å². The molecule has 1 amide bonds. The van der Waals surface area contributed by atoms with Crippen LogP contribution in [0, 0.1) is 0 Å². The number of nitrogens with zero attached hydrogens (tertiary/aromatic N) is 2. The summed E-state index contributed by atoms with van der Waals surface area (Å²) in [4.78, 5) is 16.7. The maximum absolute atomic E-state index is 12.4. The van der Waals surface area contributed by atoms with Crippen LogP contribution < -0.4 is 5.32 Å². The second-order valence-electron chi connectivity index (χ2n) is 6.07. The van der Waals surface area contributed by atoms with Crippen molar-refractivity contribution >= 4 is 16.9 Å². The van der Waals surface area contributed by atoms with Gasteiger partial charge in [0, 0.05) is 18.7 Å². The van der Waals surface area contributed by atoms with Crippen molar-refractivity contribution in [3.8, 4) is 0 Å². The first kappa shape index (κ1) is 14.1. The Labute approximate surface area is 125 Å². The summed E-state index contributed by atoms with van der Waals surface area (Å²) in [7, 11) is 1.96. The number of fused-ring (bicyclic) bond motifs is 1. The summed E-state index contributed by atoms with van der Waals surface area (Å²) < 4.78 is 1.96. The molecule has 0 spiro atoms. The first-order valence-corrected chi connectivity index (χ1v) is 7.96. The van der Waals surface area contributed by atoms with Crippen LogP contribution >= 0.6 is 0 Å². The Morgan fingerprint density at radius 2 is 1.90 bits per heavy atom. The molecule has 0 atom stereocenters. The van der Waals surface area contributed by atoms with Crippen LogP contribution in [-0.4, -0.2) is 21.5 Å². The molecule has 2 aromatic rings. The first-order valence-electron chi connectivity index (χ1n) is 7.96. The Morgan fingerprint density at radius 3 is 2.67 bits per heavy atom. The first-order chi connectivity index (χ1) is 10.2.